The summed E-state index contributed by atoms with van der Waals surface area (Å²) in [5.74, 6) is -1.43. The van der Waals surface area contributed by atoms with Crippen LogP contribution < -0.4 is 15.4 Å². The average Bonchev–Trinajstić information content (AvgIpc) is 3.35. The molecule has 2 aromatic heterocycles. The van der Waals surface area contributed by atoms with Gasteiger partial charge in [-0.05, 0) is 55.8 Å². The number of halogens is 2. The quantitative estimate of drug-likeness (QED) is 0.315. The molecule has 200 valence electrons. The Morgan fingerprint density at radius 1 is 0.974 bits per heavy atom. The Labute approximate surface area is 227 Å². The van der Waals surface area contributed by atoms with Crippen LogP contribution in [0.4, 0.5) is 14.5 Å². The van der Waals surface area contributed by atoms with Crippen LogP contribution in [0, 0.1) is 11.6 Å². The van der Waals surface area contributed by atoms with E-state index in [4.69, 9.17) is 4.74 Å². The topological polar surface area (TPSA) is 101 Å². The number of pyridine rings is 1. The number of nitrogens with one attached hydrogen (secondary N) is 2. The van der Waals surface area contributed by atoms with E-state index in [-0.39, 0.29) is 40.6 Å². The fraction of sp³-hybridized carbons (Fsp3) is 0.185. The second-order valence-electron chi connectivity index (χ2n) is 8.93. The van der Waals surface area contributed by atoms with Gasteiger partial charge in [0.1, 0.15) is 33.9 Å². The molecule has 9 nitrogen and oxygen atoms in total. The molecule has 1 saturated heterocycles. The molecule has 12 heteroatoms. The number of likely N-dealkylation sites (tertiary alicyclic amines) is 1. The highest BCUT2D eigenvalue weighted by Gasteiger charge is 2.25. The Morgan fingerprint density at radius 2 is 1.72 bits per heavy atom. The molecule has 0 bridgehead atoms. The Kier molecular flexibility index (Phi) is 7.57. The molecule has 0 spiro atoms. The van der Waals surface area contributed by atoms with E-state index in [9.17, 15) is 18.4 Å². The van der Waals surface area contributed by atoms with Crippen molar-refractivity contribution in [2.45, 2.75) is 11.1 Å². The first-order valence-electron chi connectivity index (χ1n) is 11.9. The summed E-state index contributed by atoms with van der Waals surface area (Å²) < 4.78 is 35.3. The smallest absolute Gasteiger partial charge is 0.276 e. The minimum absolute atomic E-state index is 0.0526. The zero-order valence-electron chi connectivity index (χ0n) is 21.0. The average molecular weight is 551 g/mol. The molecule has 4 aromatic rings. The second kappa shape index (κ2) is 11.2. The maximum atomic E-state index is 14.6. The number of ether oxygens (including phenoxy) is 1. The second-order valence-corrected chi connectivity index (χ2v) is 9.75. The number of carbonyl (C=O) groups is 2. The first kappa shape index (κ1) is 26.3. The van der Waals surface area contributed by atoms with Crippen LogP contribution in [0.15, 0.2) is 71.9 Å². The van der Waals surface area contributed by atoms with Crippen LogP contribution >= 0.6 is 11.8 Å². The molecule has 39 heavy (non-hydrogen) atoms. The first-order chi connectivity index (χ1) is 18.8. The van der Waals surface area contributed by atoms with Gasteiger partial charge in [0, 0.05) is 37.5 Å². The number of aromatic nitrogens is 3. The summed E-state index contributed by atoms with van der Waals surface area (Å²) >= 11 is 1.35. The lowest BCUT2D eigenvalue weighted by molar-refractivity contribution is 0.0852. The highest BCUT2D eigenvalue weighted by atomic mass is 32.2. The molecule has 2 aromatic carbocycles. The van der Waals surface area contributed by atoms with E-state index in [0.29, 0.717) is 16.5 Å². The molecule has 1 aliphatic rings. The third kappa shape index (κ3) is 6.07. The highest BCUT2D eigenvalue weighted by molar-refractivity contribution is 7.98. The summed E-state index contributed by atoms with van der Waals surface area (Å²) in [6, 6.07) is 14.3. The molecule has 1 fully saturated rings. The lowest BCUT2D eigenvalue weighted by atomic mass is 10.1. The van der Waals surface area contributed by atoms with Gasteiger partial charge in [-0.1, -0.05) is 0 Å². The summed E-state index contributed by atoms with van der Waals surface area (Å²) in [7, 11) is 1.97. The third-order valence-corrected chi connectivity index (χ3v) is 6.68. The molecule has 0 aliphatic carbocycles. The number of hydrogen-bond acceptors (Lipinski definition) is 7. The largest absolute Gasteiger partial charge is 0.457 e. The fourth-order valence-corrected chi connectivity index (χ4v) is 4.57. The molecular formula is C27H24F2N6O3S. The van der Waals surface area contributed by atoms with E-state index < -0.39 is 11.7 Å². The molecule has 5 rings (SSSR count). The predicted molar refractivity (Wildman–Crippen MR) is 143 cm³/mol. The number of carbonyl (C=O) groups excluding carboxylic acids is 2. The summed E-state index contributed by atoms with van der Waals surface area (Å²) in [4.78, 5) is 31.6. The number of hydrogen-bond donors (Lipinski definition) is 2. The van der Waals surface area contributed by atoms with Gasteiger partial charge in [-0.15, -0.1) is 11.8 Å². The number of nitrogens with zero attached hydrogens (tertiary/aromatic N) is 4. The van der Waals surface area contributed by atoms with Crippen molar-refractivity contribution in [1.82, 2.24) is 25.0 Å². The standard InChI is InChI=1S/C27H24F2N6O3S/c1-34-14-17(15-34)31-26(36)23-12-20(9-10-30-23)38-19-7-8-21(29)22(11-19)32-27(37)24-13-25(39-2)35(33-24)18-5-3-16(28)4-6-18/h3-13,17H,14-15H2,1-2H3,(H,31,36)(H,32,37). The normalized spacial score (nSPS) is 13.5. The van der Waals surface area contributed by atoms with Crippen molar-refractivity contribution < 1.29 is 23.1 Å². The van der Waals surface area contributed by atoms with E-state index in [1.807, 2.05) is 13.3 Å². The fourth-order valence-electron chi connectivity index (χ4n) is 4.02. The molecule has 3 heterocycles. The van der Waals surface area contributed by atoms with Crippen LogP contribution in [0.5, 0.6) is 11.5 Å². The van der Waals surface area contributed by atoms with Crippen LogP contribution in [-0.2, 0) is 0 Å². The number of likely N-dealkylation sites (N-methyl/N-ethyl adjacent to an activating group) is 1. The van der Waals surface area contributed by atoms with E-state index in [1.54, 1.807) is 24.3 Å². The van der Waals surface area contributed by atoms with E-state index >= 15 is 0 Å². The van der Waals surface area contributed by atoms with Gasteiger partial charge in [-0.3, -0.25) is 14.6 Å². The van der Waals surface area contributed by atoms with Gasteiger partial charge in [0.2, 0.25) is 0 Å². The third-order valence-electron chi connectivity index (χ3n) is 5.97. The van der Waals surface area contributed by atoms with Gasteiger partial charge in [0.25, 0.3) is 11.8 Å². The molecule has 2 amide bonds. The summed E-state index contributed by atoms with van der Waals surface area (Å²) in [6.07, 6.45) is 3.27. The summed E-state index contributed by atoms with van der Waals surface area (Å²) in [6.45, 7) is 1.55. The van der Waals surface area contributed by atoms with Crippen molar-refractivity contribution in [1.29, 1.82) is 0 Å². The van der Waals surface area contributed by atoms with Crippen LogP contribution in [0.2, 0.25) is 0 Å². The minimum Gasteiger partial charge on any atom is -0.457 e. The van der Waals surface area contributed by atoms with E-state index in [1.165, 1.54) is 53.0 Å². The van der Waals surface area contributed by atoms with Crippen molar-refractivity contribution in [3.8, 4) is 17.2 Å². The van der Waals surface area contributed by atoms with Crippen molar-refractivity contribution >= 4 is 29.3 Å². The van der Waals surface area contributed by atoms with Crippen molar-refractivity contribution in [3.05, 3.63) is 89.9 Å². The molecule has 2 N–H and O–H groups in total. The van der Waals surface area contributed by atoms with Gasteiger partial charge in [0.15, 0.2) is 5.69 Å². The van der Waals surface area contributed by atoms with Crippen LogP contribution in [-0.4, -0.2) is 63.9 Å². The maximum Gasteiger partial charge on any atom is 0.276 e. The van der Waals surface area contributed by atoms with Crippen LogP contribution in [0.1, 0.15) is 21.0 Å². The Morgan fingerprint density at radius 3 is 2.44 bits per heavy atom. The molecule has 0 unspecified atom stereocenters. The SMILES string of the molecule is CSc1cc(C(=O)Nc2cc(Oc3ccnc(C(=O)NC4CN(C)C4)c3)ccc2F)nn1-c1ccc(F)cc1. The zero-order valence-corrected chi connectivity index (χ0v) is 21.8. The Bertz CT molecular complexity index is 1520. The Balaban J connectivity index is 1.29. The van der Waals surface area contributed by atoms with Gasteiger partial charge in [0.05, 0.1) is 17.4 Å². The number of anilines is 1. The predicted octanol–water partition coefficient (Wildman–Crippen LogP) is 4.36. The van der Waals surface area contributed by atoms with Gasteiger partial charge in [-0.2, -0.15) is 5.10 Å². The number of rotatable bonds is 8. The van der Waals surface area contributed by atoms with Crippen LogP contribution in [0.3, 0.4) is 0 Å². The van der Waals surface area contributed by atoms with E-state index in [0.717, 1.165) is 19.2 Å². The number of amides is 2. The number of benzene rings is 2. The molecule has 0 saturated carbocycles. The van der Waals surface area contributed by atoms with Crippen LogP contribution in [0.25, 0.3) is 5.69 Å². The molecular weight excluding hydrogens is 526 g/mol. The van der Waals surface area contributed by atoms with Crippen molar-refractivity contribution in [2.24, 2.45) is 0 Å². The monoisotopic (exact) mass is 550 g/mol. The number of thioether (sulfide) groups is 1. The summed E-state index contributed by atoms with van der Waals surface area (Å²) in [5.41, 5.74) is 0.711. The maximum absolute atomic E-state index is 14.6. The molecule has 0 radical (unpaired) electrons. The molecule has 1 aliphatic heterocycles. The van der Waals surface area contributed by atoms with Crippen molar-refractivity contribution in [3.63, 3.8) is 0 Å². The van der Waals surface area contributed by atoms with Crippen molar-refractivity contribution in [2.75, 3.05) is 31.7 Å². The van der Waals surface area contributed by atoms with Gasteiger partial charge < -0.3 is 20.3 Å². The van der Waals surface area contributed by atoms with Gasteiger partial charge >= 0.3 is 0 Å². The van der Waals surface area contributed by atoms with Gasteiger partial charge in [-0.25, -0.2) is 13.5 Å². The lowest BCUT2D eigenvalue weighted by Gasteiger charge is -2.36. The minimum atomic E-state index is -0.668. The molecule has 0 atom stereocenters. The highest BCUT2D eigenvalue weighted by Crippen LogP contribution is 2.28. The Hall–Kier alpha value is -4.29. The summed E-state index contributed by atoms with van der Waals surface area (Å²) in [5, 5.41) is 10.4. The lowest BCUT2D eigenvalue weighted by Crippen LogP contribution is -2.57. The van der Waals surface area contributed by atoms with E-state index in [2.05, 4.69) is 25.6 Å². The zero-order chi connectivity index (χ0) is 27.5. The first-order valence-corrected chi connectivity index (χ1v) is 13.2.